The van der Waals surface area contributed by atoms with Crippen LogP contribution in [0.1, 0.15) is 39.0 Å². The van der Waals surface area contributed by atoms with Crippen LogP contribution in [0.4, 0.5) is 0 Å². The van der Waals surface area contributed by atoms with Crippen molar-refractivity contribution >= 4 is 39.4 Å². The maximum Gasteiger partial charge on any atom is 0.251 e. The molecule has 1 amide bonds. The number of carbonyl (C=O) groups excluding carboxylic acids is 2. The number of nitrogens with zero attached hydrogens (tertiary/aromatic N) is 3. The third kappa shape index (κ3) is 5.55. The average Bonchev–Trinajstić information content (AvgIpc) is 3.13. The van der Waals surface area contributed by atoms with Crippen molar-refractivity contribution < 1.29 is 9.59 Å². The Labute approximate surface area is 182 Å². The topological polar surface area (TPSA) is 76.9 Å². The van der Waals surface area contributed by atoms with Gasteiger partial charge in [0.1, 0.15) is 0 Å². The molecule has 0 saturated heterocycles. The summed E-state index contributed by atoms with van der Waals surface area (Å²) in [4.78, 5) is 24.7. The molecule has 0 bridgehead atoms. The Morgan fingerprint density at radius 1 is 1.03 bits per heavy atom. The van der Waals surface area contributed by atoms with Gasteiger partial charge in [-0.2, -0.15) is 0 Å². The fourth-order valence-corrected chi connectivity index (χ4v) is 3.87. The third-order valence-corrected chi connectivity index (χ3v) is 5.82. The molecule has 0 aliphatic heterocycles. The minimum atomic E-state index is -0.157. The summed E-state index contributed by atoms with van der Waals surface area (Å²) in [5.41, 5.74) is 2.37. The molecule has 1 aromatic heterocycles. The van der Waals surface area contributed by atoms with Crippen molar-refractivity contribution in [2.45, 2.75) is 32.1 Å². The largest absolute Gasteiger partial charge is 0.345 e. The molecular formula is C21H21BrN4O2S. The zero-order chi connectivity index (χ0) is 20.8. The Morgan fingerprint density at radius 3 is 2.34 bits per heavy atom. The molecule has 0 atom stereocenters. The zero-order valence-electron chi connectivity index (χ0n) is 16.2. The molecule has 29 heavy (non-hydrogen) atoms. The normalized spacial score (nSPS) is 10.7. The molecule has 3 aromatic rings. The molecule has 0 fully saturated rings. The number of thioether (sulfide) groups is 1. The summed E-state index contributed by atoms with van der Waals surface area (Å²) in [6.07, 6.45) is 0. The SMILES string of the molecule is CCn1c(CNC(=O)c2ccc(C)cc2)nnc1SCC(=O)c1ccc(Br)cc1. The van der Waals surface area contributed by atoms with E-state index in [1.807, 2.05) is 42.7 Å². The minimum absolute atomic E-state index is 0.0300. The molecule has 8 heteroatoms. The second kappa shape index (κ2) is 9.84. The van der Waals surface area contributed by atoms with Crippen molar-refractivity contribution in [3.63, 3.8) is 0 Å². The lowest BCUT2D eigenvalue weighted by Crippen LogP contribution is -2.24. The number of benzene rings is 2. The van der Waals surface area contributed by atoms with Crippen LogP contribution in [-0.2, 0) is 13.1 Å². The molecule has 0 saturated carbocycles. The Morgan fingerprint density at radius 2 is 1.69 bits per heavy atom. The second-order valence-electron chi connectivity index (χ2n) is 6.41. The molecular weight excluding hydrogens is 452 g/mol. The predicted molar refractivity (Wildman–Crippen MR) is 117 cm³/mol. The molecule has 0 aliphatic rings. The number of hydrogen-bond donors (Lipinski definition) is 1. The van der Waals surface area contributed by atoms with Gasteiger partial charge in [0.2, 0.25) is 0 Å². The lowest BCUT2D eigenvalue weighted by molar-refractivity contribution is 0.0948. The highest BCUT2D eigenvalue weighted by molar-refractivity contribution is 9.10. The number of hydrogen-bond acceptors (Lipinski definition) is 5. The third-order valence-electron chi connectivity index (χ3n) is 4.33. The maximum atomic E-state index is 12.4. The molecule has 2 aromatic carbocycles. The van der Waals surface area contributed by atoms with Gasteiger partial charge in [-0.3, -0.25) is 9.59 Å². The molecule has 0 spiro atoms. The van der Waals surface area contributed by atoms with E-state index >= 15 is 0 Å². The number of Topliss-reactive ketones (excluding diaryl/α,β-unsaturated/α-hetero) is 1. The summed E-state index contributed by atoms with van der Waals surface area (Å²) >= 11 is 4.71. The molecule has 1 heterocycles. The fraction of sp³-hybridized carbons (Fsp3) is 0.238. The van der Waals surface area contributed by atoms with E-state index in [1.165, 1.54) is 11.8 Å². The van der Waals surface area contributed by atoms with Crippen LogP contribution in [0.3, 0.4) is 0 Å². The monoisotopic (exact) mass is 472 g/mol. The Bertz CT molecular complexity index is 922. The summed E-state index contributed by atoms with van der Waals surface area (Å²) in [6.45, 7) is 4.88. The first-order chi connectivity index (χ1) is 14.0. The van der Waals surface area contributed by atoms with E-state index in [2.05, 4.69) is 31.4 Å². The Hall–Kier alpha value is -2.45. The van der Waals surface area contributed by atoms with Crippen LogP contribution in [0.15, 0.2) is 58.2 Å². The molecule has 0 aliphatic carbocycles. The van der Waals surface area contributed by atoms with E-state index in [4.69, 9.17) is 0 Å². The van der Waals surface area contributed by atoms with Gasteiger partial charge in [-0.1, -0.05) is 57.5 Å². The predicted octanol–water partition coefficient (Wildman–Crippen LogP) is 4.27. The summed E-state index contributed by atoms with van der Waals surface area (Å²) in [7, 11) is 0. The molecule has 6 nitrogen and oxygen atoms in total. The van der Waals surface area contributed by atoms with Gasteiger partial charge >= 0.3 is 0 Å². The van der Waals surface area contributed by atoms with Crippen LogP contribution in [0.5, 0.6) is 0 Å². The average molecular weight is 473 g/mol. The highest BCUT2D eigenvalue weighted by Crippen LogP contribution is 2.19. The number of carbonyl (C=O) groups is 2. The van der Waals surface area contributed by atoms with Gasteiger partial charge < -0.3 is 9.88 Å². The Balaban J connectivity index is 1.60. The van der Waals surface area contributed by atoms with E-state index in [9.17, 15) is 9.59 Å². The van der Waals surface area contributed by atoms with Crippen LogP contribution in [0, 0.1) is 6.92 Å². The number of ketones is 1. The number of halogens is 1. The van der Waals surface area contributed by atoms with Crippen molar-refractivity contribution in [3.8, 4) is 0 Å². The van der Waals surface area contributed by atoms with Crippen LogP contribution < -0.4 is 5.32 Å². The first-order valence-electron chi connectivity index (χ1n) is 9.16. The van der Waals surface area contributed by atoms with Gasteiger partial charge in [0.15, 0.2) is 16.8 Å². The molecule has 0 radical (unpaired) electrons. The highest BCUT2D eigenvalue weighted by atomic mass is 79.9. The minimum Gasteiger partial charge on any atom is -0.345 e. The van der Waals surface area contributed by atoms with Crippen LogP contribution in [-0.4, -0.2) is 32.2 Å². The van der Waals surface area contributed by atoms with Crippen LogP contribution >= 0.6 is 27.7 Å². The van der Waals surface area contributed by atoms with E-state index < -0.39 is 0 Å². The van der Waals surface area contributed by atoms with E-state index in [0.717, 1.165) is 10.0 Å². The lowest BCUT2D eigenvalue weighted by Gasteiger charge is -2.08. The fourth-order valence-electron chi connectivity index (χ4n) is 2.69. The van der Waals surface area contributed by atoms with E-state index in [0.29, 0.717) is 28.7 Å². The van der Waals surface area contributed by atoms with Gasteiger partial charge in [0.05, 0.1) is 12.3 Å². The zero-order valence-corrected chi connectivity index (χ0v) is 18.6. The van der Waals surface area contributed by atoms with Gasteiger partial charge in [-0.25, -0.2) is 0 Å². The van der Waals surface area contributed by atoms with E-state index in [-0.39, 0.29) is 24.0 Å². The van der Waals surface area contributed by atoms with Crippen molar-refractivity contribution in [1.82, 2.24) is 20.1 Å². The molecule has 0 unspecified atom stereocenters. The molecule has 150 valence electrons. The lowest BCUT2D eigenvalue weighted by atomic mass is 10.1. The number of aryl methyl sites for hydroxylation is 1. The number of nitrogens with one attached hydrogen (secondary N) is 1. The number of rotatable bonds is 8. The maximum absolute atomic E-state index is 12.4. The van der Waals surface area contributed by atoms with Crippen molar-refractivity contribution in [1.29, 1.82) is 0 Å². The standard InChI is InChI=1S/C21H21BrN4O2S/c1-3-26-19(12-23-20(28)16-6-4-14(2)5-7-16)24-25-21(26)29-13-18(27)15-8-10-17(22)11-9-15/h4-11H,3,12-13H2,1-2H3,(H,23,28). The van der Waals surface area contributed by atoms with Gasteiger partial charge in [-0.05, 0) is 38.1 Å². The van der Waals surface area contributed by atoms with Gasteiger partial charge in [0, 0.05) is 22.1 Å². The van der Waals surface area contributed by atoms with Crippen molar-refractivity contribution in [2.75, 3.05) is 5.75 Å². The number of amides is 1. The van der Waals surface area contributed by atoms with E-state index in [1.54, 1.807) is 24.3 Å². The van der Waals surface area contributed by atoms with Gasteiger partial charge in [-0.15, -0.1) is 10.2 Å². The van der Waals surface area contributed by atoms with Crippen LogP contribution in [0.2, 0.25) is 0 Å². The second-order valence-corrected chi connectivity index (χ2v) is 8.27. The molecule has 1 N–H and O–H groups in total. The summed E-state index contributed by atoms with van der Waals surface area (Å²) in [5, 5.41) is 11.9. The quantitative estimate of drug-likeness (QED) is 0.391. The van der Waals surface area contributed by atoms with Crippen molar-refractivity contribution in [3.05, 3.63) is 75.5 Å². The van der Waals surface area contributed by atoms with Gasteiger partial charge in [0.25, 0.3) is 5.91 Å². The van der Waals surface area contributed by atoms with Crippen molar-refractivity contribution in [2.24, 2.45) is 0 Å². The number of aromatic nitrogens is 3. The first-order valence-corrected chi connectivity index (χ1v) is 10.9. The summed E-state index contributed by atoms with van der Waals surface area (Å²) in [5.74, 6) is 0.805. The van der Waals surface area contributed by atoms with Crippen LogP contribution in [0.25, 0.3) is 0 Å². The molecule has 3 rings (SSSR count). The first kappa shape index (κ1) is 21.3. The highest BCUT2D eigenvalue weighted by Gasteiger charge is 2.15. The summed E-state index contributed by atoms with van der Waals surface area (Å²) in [6, 6.07) is 14.7. The summed E-state index contributed by atoms with van der Waals surface area (Å²) < 4.78 is 2.85. The smallest absolute Gasteiger partial charge is 0.251 e. The Kier molecular flexibility index (Phi) is 7.22.